The number of hydrogen-bond acceptors (Lipinski definition) is 0. The molecule has 0 saturated heterocycles. The second-order valence-corrected chi connectivity index (χ2v) is 2.95. The van der Waals surface area contributed by atoms with Crippen LogP contribution in [0.25, 0.3) is 0 Å². The van der Waals surface area contributed by atoms with Gasteiger partial charge in [0.15, 0.2) is 12.4 Å². The van der Waals surface area contributed by atoms with Gasteiger partial charge in [-0.15, -0.1) is 0 Å². The number of alkyl halides is 1. The fourth-order valence-corrected chi connectivity index (χ4v) is 1.08. The van der Waals surface area contributed by atoms with Gasteiger partial charge in [0.2, 0.25) is 0 Å². The molecule has 0 unspecified atom stereocenters. The first kappa shape index (κ1) is 10.9. The van der Waals surface area contributed by atoms with Crippen molar-refractivity contribution in [3.63, 3.8) is 0 Å². The van der Waals surface area contributed by atoms with Gasteiger partial charge in [-0.2, -0.15) is 0 Å². The average molecular weight is 237 g/mol. The molecule has 0 saturated carbocycles. The Morgan fingerprint density at radius 3 is 2.27 bits per heavy atom. The fraction of sp³-hybridized carbons (Fsp3) is 0.375. The van der Waals surface area contributed by atoms with Gasteiger partial charge >= 0.3 is 0 Å². The van der Waals surface area contributed by atoms with Crippen LogP contribution in [0.2, 0.25) is 0 Å². The molecule has 0 aliphatic carbocycles. The molecule has 0 aliphatic rings. The summed E-state index contributed by atoms with van der Waals surface area (Å²) in [4.78, 5) is 0. The molecule has 0 atom stereocenters. The molecular weight excluding hydrogens is 225 g/mol. The average Bonchev–Trinajstić information content (AvgIpc) is 2.03. The zero-order chi connectivity index (χ0) is 7.23. The lowest BCUT2D eigenvalue weighted by Crippen LogP contribution is -3.00. The van der Waals surface area contributed by atoms with E-state index in [0.717, 1.165) is 11.9 Å². The van der Waals surface area contributed by atoms with E-state index < -0.39 is 0 Å². The quantitative estimate of drug-likeness (QED) is 0.457. The fourth-order valence-electron chi connectivity index (χ4n) is 0.826. The van der Waals surface area contributed by atoms with Crippen molar-refractivity contribution in [2.24, 2.45) is 0 Å². The third-order valence-corrected chi connectivity index (χ3v) is 1.89. The van der Waals surface area contributed by atoms with E-state index in [-0.39, 0.29) is 12.4 Å². The molecule has 0 fully saturated rings. The molecule has 0 spiro atoms. The van der Waals surface area contributed by atoms with Crippen molar-refractivity contribution in [2.75, 3.05) is 5.33 Å². The van der Waals surface area contributed by atoms with Gasteiger partial charge < -0.3 is 12.4 Å². The molecule has 0 bridgehead atoms. The van der Waals surface area contributed by atoms with E-state index in [2.05, 4.69) is 32.9 Å². The molecule has 0 aliphatic heterocycles. The molecule has 1 nitrogen and oxygen atoms in total. The summed E-state index contributed by atoms with van der Waals surface area (Å²) < 4.78 is 2.18. The minimum Gasteiger partial charge on any atom is -1.00 e. The predicted molar refractivity (Wildman–Crippen MR) is 45.0 cm³/mol. The van der Waals surface area contributed by atoms with E-state index in [1.807, 2.05) is 18.2 Å². The highest BCUT2D eigenvalue weighted by molar-refractivity contribution is 9.09. The van der Waals surface area contributed by atoms with Crippen molar-refractivity contribution >= 4 is 15.9 Å². The smallest absolute Gasteiger partial charge is 0.168 e. The predicted octanol–water partition coefficient (Wildman–Crippen LogP) is -1.24. The van der Waals surface area contributed by atoms with Gasteiger partial charge in [-0.1, -0.05) is 22.0 Å². The van der Waals surface area contributed by atoms with Crippen LogP contribution < -0.4 is 17.0 Å². The Bertz CT molecular complexity index is 179. The van der Waals surface area contributed by atoms with E-state index in [1.54, 1.807) is 0 Å². The van der Waals surface area contributed by atoms with E-state index in [9.17, 15) is 0 Å². The van der Waals surface area contributed by atoms with Crippen LogP contribution in [0.15, 0.2) is 30.6 Å². The number of pyridine rings is 1. The first-order chi connectivity index (χ1) is 4.93. The van der Waals surface area contributed by atoms with Gasteiger partial charge in [-0.25, -0.2) is 4.57 Å². The zero-order valence-corrected chi connectivity index (χ0v) is 8.55. The van der Waals surface area contributed by atoms with E-state index in [1.165, 1.54) is 6.42 Å². The zero-order valence-electron chi connectivity index (χ0n) is 6.21. The Kier molecular flexibility index (Phi) is 6.57. The molecule has 1 heterocycles. The molecule has 1 aromatic heterocycles. The van der Waals surface area contributed by atoms with Gasteiger partial charge in [-0.05, 0) is 0 Å². The maximum atomic E-state index is 3.39. The van der Waals surface area contributed by atoms with Crippen LogP contribution in [0.1, 0.15) is 6.42 Å². The summed E-state index contributed by atoms with van der Waals surface area (Å²) in [6.45, 7) is 1.10. The lowest BCUT2D eigenvalue weighted by molar-refractivity contribution is -0.696. The van der Waals surface area contributed by atoms with Crippen LogP contribution in [-0.2, 0) is 6.54 Å². The Labute approximate surface area is 82.0 Å². The third-order valence-electron chi connectivity index (χ3n) is 1.33. The second-order valence-electron chi connectivity index (χ2n) is 2.16. The van der Waals surface area contributed by atoms with Crippen molar-refractivity contribution in [1.29, 1.82) is 0 Å². The lowest BCUT2D eigenvalue weighted by Gasteiger charge is -1.91. The highest BCUT2D eigenvalue weighted by Gasteiger charge is 1.93. The Balaban J connectivity index is 0.000001000. The summed E-state index contributed by atoms with van der Waals surface area (Å²) in [5, 5.41) is 1.08. The van der Waals surface area contributed by atoms with Crippen LogP contribution in [0, 0.1) is 0 Å². The largest absolute Gasteiger partial charge is 1.00 e. The van der Waals surface area contributed by atoms with Gasteiger partial charge in [0, 0.05) is 23.9 Å². The number of rotatable bonds is 3. The van der Waals surface area contributed by atoms with Crippen molar-refractivity contribution in [3.8, 4) is 0 Å². The van der Waals surface area contributed by atoms with Crippen molar-refractivity contribution in [1.82, 2.24) is 0 Å². The molecular formula is C8H11BrClN. The van der Waals surface area contributed by atoms with E-state index in [4.69, 9.17) is 0 Å². The Morgan fingerprint density at radius 2 is 1.73 bits per heavy atom. The Hall–Kier alpha value is -0.0800. The van der Waals surface area contributed by atoms with Crippen molar-refractivity contribution in [2.45, 2.75) is 13.0 Å². The molecule has 0 amide bonds. The van der Waals surface area contributed by atoms with Gasteiger partial charge in [0.1, 0.15) is 6.54 Å². The number of halogens is 2. The van der Waals surface area contributed by atoms with Crippen LogP contribution in [-0.4, -0.2) is 5.33 Å². The minimum atomic E-state index is 0. The highest BCUT2D eigenvalue weighted by atomic mass is 79.9. The normalized spacial score (nSPS) is 8.82. The summed E-state index contributed by atoms with van der Waals surface area (Å²) in [7, 11) is 0. The van der Waals surface area contributed by atoms with Gasteiger partial charge in [-0.3, -0.25) is 0 Å². The van der Waals surface area contributed by atoms with Gasteiger partial charge in [0.25, 0.3) is 0 Å². The Morgan fingerprint density at radius 1 is 1.09 bits per heavy atom. The number of hydrogen-bond donors (Lipinski definition) is 0. The maximum absolute atomic E-state index is 3.39. The molecule has 0 aromatic carbocycles. The highest BCUT2D eigenvalue weighted by Crippen LogP contribution is 1.86. The first-order valence-corrected chi connectivity index (χ1v) is 4.55. The monoisotopic (exact) mass is 235 g/mol. The number of aryl methyl sites for hydroxylation is 1. The third kappa shape index (κ3) is 4.38. The molecule has 0 N–H and O–H groups in total. The standard InChI is InChI=1S/C8H11BrN.ClH/c9-5-4-8-10-6-2-1-3-7-10;/h1-3,6-7H,4-5,8H2;1H/q+1;/p-1. The first-order valence-electron chi connectivity index (χ1n) is 3.43. The molecule has 62 valence electrons. The van der Waals surface area contributed by atoms with Crippen LogP contribution in [0.4, 0.5) is 0 Å². The summed E-state index contributed by atoms with van der Waals surface area (Å²) in [5.74, 6) is 0. The molecule has 3 heteroatoms. The summed E-state index contributed by atoms with van der Waals surface area (Å²) in [5.41, 5.74) is 0. The SMILES string of the molecule is BrCCC[n+]1ccccc1.[Cl-]. The summed E-state index contributed by atoms with van der Waals surface area (Å²) in [6.07, 6.45) is 5.36. The van der Waals surface area contributed by atoms with Crippen LogP contribution in [0.5, 0.6) is 0 Å². The molecule has 1 aromatic rings. The molecule has 0 radical (unpaired) electrons. The molecule has 1 rings (SSSR count). The van der Waals surface area contributed by atoms with Gasteiger partial charge in [0.05, 0.1) is 0 Å². The van der Waals surface area contributed by atoms with E-state index >= 15 is 0 Å². The van der Waals surface area contributed by atoms with Crippen LogP contribution >= 0.6 is 15.9 Å². The summed E-state index contributed by atoms with van der Waals surface area (Å²) >= 11 is 3.39. The van der Waals surface area contributed by atoms with Crippen LogP contribution in [0.3, 0.4) is 0 Å². The minimum absolute atomic E-state index is 0. The number of aromatic nitrogens is 1. The van der Waals surface area contributed by atoms with Crippen molar-refractivity contribution < 1.29 is 17.0 Å². The lowest BCUT2D eigenvalue weighted by atomic mass is 10.4. The van der Waals surface area contributed by atoms with Crippen molar-refractivity contribution in [3.05, 3.63) is 30.6 Å². The maximum Gasteiger partial charge on any atom is 0.168 e. The molecule has 11 heavy (non-hydrogen) atoms. The second kappa shape index (κ2) is 6.62. The topological polar surface area (TPSA) is 3.88 Å². The number of nitrogens with zero attached hydrogens (tertiary/aromatic N) is 1. The van der Waals surface area contributed by atoms with E-state index in [0.29, 0.717) is 0 Å². The summed E-state index contributed by atoms with van der Waals surface area (Å²) in [6, 6.07) is 6.13.